The van der Waals surface area contributed by atoms with Crippen molar-refractivity contribution >= 4 is 11.8 Å². The maximum atomic E-state index is 8.83. The average Bonchev–Trinajstić information content (AvgIpc) is 2.25. The second kappa shape index (κ2) is 5.71. The fraction of sp³-hybridized carbons (Fsp3) is 0.538. The quantitative estimate of drug-likeness (QED) is 0.793. The summed E-state index contributed by atoms with van der Waals surface area (Å²) in [7, 11) is 0. The first-order valence-corrected chi connectivity index (χ1v) is 6.52. The number of aliphatic hydroxyl groups excluding tert-OH is 1. The van der Waals surface area contributed by atoms with E-state index in [0.717, 1.165) is 5.75 Å². The van der Waals surface area contributed by atoms with Crippen LogP contribution >= 0.6 is 11.8 Å². The summed E-state index contributed by atoms with van der Waals surface area (Å²) < 4.78 is 0. The fourth-order valence-electron chi connectivity index (χ4n) is 1.31. The summed E-state index contributed by atoms with van der Waals surface area (Å²) in [6, 6.07) is 8.43. The van der Waals surface area contributed by atoms with E-state index < -0.39 is 0 Å². The van der Waals surface area contributed by atoms with Crippen LogP contribution in [0, 0.1) is 0 Å². The van der Waals surface area contributed by atoms with E-state index in [1.165, 1.54) is 10.5 Å². The summed E-state index contributed by atoms with van der Waals surface area (Å²) >= 11 is 1.69. The number of hydrogen-bond donors (Lipinski definition) is 2. The van der Waals surface area contributed by atoms with Crippen LogP contribution in [0.4, 0.5) is 0 Å². The summed E-state index contributed by atoms with van der Waals surface area (Å²) in [6.45, 7) is 6.66. The summed E-state index contributed by atoms with van der Waals surface area (Å²) in [5.41, 5.74) is 7.18. The third kappa shape index (κ3) is 4.16. The van der Waals surface area contributed by atoms with Gasteiger partial charge in [0.15, 0.2) is 0 Å². The number of rotatable bonds is 4. The van der Waals surface area contributed by atoms with Crippen LogP contribution in [-0.4, -0.2) is 23.5 Å². The Morgan fingerprint density at radius 1 is 1.25 bits per heavy atom. The van der Waals surface area contributed by atoms with Gasteiger partial charge >= 0.3 is 0 Å². The highest BCUT2D eigenvalue weighted by molar-refractivity contribution is 7.99. The van der Waals surface area contributed by atoms with E-state index in [0.29, 0.717) is 0 Å². The molecule has 0 aliphatic heterocycles. The van der Waals surface area contributed by atoms with E-state index in [1.54, 1.807) is 11.8 Å². The molecular formula is C13H21NOS. The Labute approximate surface area is 102 Å². The number of hydrogen-bond acceptors (Lipinski definition) is 3. The predicted molar refractivity (Wildman–Crippen MR) is 70.9 cm³/mol. The van der Waals surface area contributed by atoms with Gasteiger partial charge in [-0.25, -0.2) is 0 Å². The molecule has 0 aliphatic rings. The molecule has 0 bridgehead atoms. The minimum atomic E-state index is -0.132. The largest absolute Gasteiger partial charge is 0.395 e. The first kappa shape index (κ1) is 13.6. The molecule has 2 nitrogen and oxygen atoms in total. The first-order valence-electron chi connectivity index (χ1n) is 5.53. The maximum absolute atomic E-state index is 8.83. The highest BCUT2D eigenvalue weighted by Crippen LogP contribution is 2.25. The van der Waals surface area contributed by atoms with E-state index >= 15 is 0 Å². The predicted octanol–water partition coefficient (Wildman–Crippen LogP) is 2.40. The van der Waals surface area contributed by atoms with Crippen molar-refractivity contribution in [3.8, 4) is 0 Å². The van der Waals surface area contributed by atoms with Crippen LogP contribution in [-0.2, 0) is 5.41 Å². The van der Waals surface area contributed by atoms with Crippen LogP contribution in [0.3, 0.4) is 0 Å². The number of nitrogens with two attached hydrogens (primary N) is 1. The molecule has 16 heavy (non-hydrogen) atoms. The Kier molecular flexibility index (Phi) is 4.84. The summed E-state index contributed by atoms with van der Waals surface area (Å²) in [4.78, 5) is 1.21. The highest BCUT2D eigenvalue weighted by Gasteiger charge is 2.12. The lowest BCUT2D eigenvalue weighted by atomic mass is 9.87. The van der Waals surface area contributed by atoms with Crippen LogP contribution in [0.1, 0.15) is 26.3 Å². The molecule has 3 heteroatoms. The molecular weight excluding hydrogens is 218 g/mol. The standard InChI is InChI=1S/C13H21NOS/c1-13(2,3)10-4-6-12(7-5-10)16-9-11(14)8-15/h4-7,11,15H,8-9,14H2,1-3H3. The Hall–Kier alpha value is -0.510. The summed E-state index contributed by atoms with van der Waals surface area (Å²) in [5.74, 6) is 0.755. The van der Waals surface area contributed by atoms with Gasteiger partial charge in [0, 0.05) is 16.7 Å². The van der Waals surface area contributed by atoms with Crippen LogP contribution in [0.2, 0.25) is 0 Å². The van der Waals surface area contributed by atoms with Crippen LogP contribution < -0.4 is 5.73 Å². The van der Waals surface area contributed by atoms with Gasteiger partial charge < -0.3 is 10.8 Å². The number of benzene rings is 1. The van der Waals surface area contributed by atoms with Crippen molar-refractivity contribution in [1.82, 2.24) is 0 Å². The minimum Gasteiger partial charge on any atom is -0.395 e. The third-order valence-corrected chi connectivity index (χ3v) is 3.62. The molecule has 0 heterocycles. The van der Waals surface area contributed by atoms with E-state index in [2.05, 4.69) is 45.0 Å². The summed E-state index contributed by atoms with van der Waals surface area (Å²) in [5, 5.41) is 8.83. The zero-order chi connectivity index (χ0) is 12.2. The molecule has 1 aromatic carbocycles. The fourth-order valence-corrected chi connectivity index (χ4v) is 2.15. The van der Waals surface area contributed by atoms with Crippen LogP contribution in [0.5, 0.6) is 0 Å². The van der Waals surface area contributed by atoms with Gasteiger partial charge in [0.1, 0.15) is 0 Å². The first-order chi connectivity index (χ1) is 7.43. The molecule has 1 atom stereocenters. The molecule has 0 aromatic heterocycles. The lowest BCUT2D eigenvalue weighted by Crippen LogP contribution is -2.26. The molecule has 1 unspecified atom stereocenters. The third-order valence-electron chi connectivity index (χ3n) is 2.42. The van der Waals surface area contributed by atoms with Gasteiger partial charge in [-0.2, -0.15) is 0 Å². The topological polar surface area (TPSA) is 46.2 Å². The number of aliphatic hydroxyl groups is 1. The minimum absolute atomic E-state index is 0.0487. The Morgan fingerprint density at radius 3 is 2.25 bits per heavy atom. The Morgan fingerprint density at radius 2 is 1.81 bits per heavy atom. The Balaban J connectivity index is 2.58. The van der Waals surface area contributed by atoms with Gasteiger partial charge in [-0.15, -0.1) is 11.8 Å². The molecule has 1 aromatic rings. The molecule has 1 rings (SSSR count). The van der Waals surface area contributed by atoms with Crippen molar-refractivity contribution in [2.45, 2.75) is 37.1 Å². The van der Waals surface area contributed by atoms with E-state index in [9.17, 15) is 0 Å². The number of thioether (sulfide) groups is 1. The van der Waals surface area contributed by atoms with Gasteiger partial charge in [-0.3, -0.25) is 0 Å². The van der Waals surface area contributed by atoms with Crippen LogP contribution in [0.25, 0.3) is 0 Å². The molecule has 3 N–H and O–H groups in total. The smallest absolute Gasteiger partial charge is 0.0590 e. The van der Waals surface area contributed by atoms with Crippen molar-refractivity contribution in [3.05, 3.63) is 29.8 Å². The average molecular weight is 239 g/mol. The summed E-state index contributed by atoms with van der Waals surface area (Å²) in [6.07, 6.45) is 0. The highest BCUT2D eigenvalue weighted by atomic mass is 32.2. The van der Waals surface area contributed by atoms with Crippen LogP contribution in [0.15, 0.2) is 29.2 Å². The molecule has 0 fully saturated rings. The van der Waals surface area contributed by atoms with Gasteiger partial charge in [0.25, 0.3) is 0 Å². The second-order valence-corrected chi connectivity index (χ2v) is 6.12. The van der Waals surface area contributed by atoms with E-state index in [1.807, 2.05) is 0 Å². The molecule has 0 radical (unpaired) electrons. The SMILES string of the molecule is CC(C)(C)c1ccc(SCC(N)CO)cc1. The van der Waals surface area contributed by atoms with Crippen molar-refractivity contribution in [2.75, 3.05) is 12.4 Å². The monoisotopic (exact) mass is 239 g/mol. The lowest BCUT2D eigenvalue weighted by Gasteiger charge is -2.19. The van der Waals surface area contributed by atoms with Crippen molar-refractivity contribution in [2.24, 2.45) is 5.73 Å². The molecule has 90 valence electrons. The van der Waals surface area contributed by atoms with Crippen molar-refractivity contribution in [1.29, 1.82) is 0 Å². The molecule has 0 spiro atoms. The normalized spacial score (nSPS) is 13.8. The lowest BCUT2D eigenvalue weighted by molar-refractivity contribution is 0.275. The second-order valence-electron chi connectivity index (χ2n) is 5.03. The molecule has 0 amide bonds. The molecule has 0 saturated heterocycles. The molecule has 0 saturated carbocycles. The van der Waals surface area contributed by atoms with Gasteiger partial charge in [0.05, 0.1) is 6.61 Å². The van der Waals surface area contributed by atoms with Gasteiger partial charge in [-0.05, 0) is 23.1 Å². The van der Waals surface area contributed by atoms with Crippen molar-refractivity contribution < 1.29 is 5.11 Å². The zero-order valence-corrected chi connectivity index (χ0v) is 11.1. The van der Waals surface area contributed by atoms with Crippen molar-refractivity contribution in [3.63, 3.8) is 0 Å². The van der Waals surface area contributed by atoms with Gasteiger partial charge in [-0.1, -0.05) is 32.9 Å². The van der Waals surface area contributed by atoms with E-state index in [4.69, 9.17) is 10.8 Å². The van der Waals surface area contributed by atoms with E-state index in [-0.39, 0.29) is 18.1 Å². The zero-order valence-electron chi connectivity index (χ0n) is 10.2. The molecule has 0 aliphatic carbocycles. The Bertz CT molecular complexity index is 316. The van der Waals surface area contributed by atoms with Gasteiger partial charge in [0.2, 0.25) is 0 Å². The maximum Gasteiger partial charge on any atom is 0.0590 e.